The molecule has 0 aliphatic rings. The van der Waals surface area contributed by atoms with Gasteiger partial charge in [0.15, 0.2) is 9.84 Å². The first-order valence-corrected chi connectivity index (χ1v) is 8.37. The van der Waals surface area contributed by atoms with Crippen LogP contribution in [0.15, 0.2) is 47.4 Å². The second-order valence-electron chi connectivity index (χ2n) is 4.39. The van der Waals surface area contributed by atoms with Crippen molar-refractivity contribution in [3.8, 4) is 0 Å². The molecule has 0 saturated heterocycles. The van der Waals surface area contributed by atoms with Crippen LogP contribution in [0.25, 0.3) is 0 Å². The number of aliphatic hydroxyl groups is 1. The van der Waals surface area contributed by atoms with Crippen molar-refractivity contribution in [2.45, 2.75) is 11.0 Å². The molecule has 0 aromatic heterocycles. The van der Waals surface area contributed by atoms with Gasteiger partial charge in [0, 0.05) is 11.8 Å². The van der Waals surface area contributed by atoms with Gasteiger partial charge < -0.3 is 5.11 Å². The number of aliphatic hydroxyl groups excluding tert-OH is 1. The molecule has 20 heavy (non-hydrogen) atoms. The summed E-state index contributed by atoms with van der Waals surface area (Å²) in [5.74, 6) is 0. The zero-order chi connectivity index (χ0) is 14.9. The molecule has 0 spiro atoms. The summed E-state index contributed by atoms with van der Waals surface area (Å²) in [6, 6.07) is 11.1. The Hall–Kier alpha value is -1.07. The fourth-order valence-corrected chi connectivity index (χ4v) is 2.91. The van der Waals surface area contributed by atoms with Crippen molar-refractivity contribution in [3.05, 3.63) is 63.6 Å². The second-order valence-corrected chi connectivity index (χ2v) is 7.19. The van der Waals surface area contributed by atoms with Gasteiger partial charge in [-0.3, -0.25) is 0 Å². The van der Waals surface area contributed by atoms with E-state index in [1.807, 2.05) is 0 Å². The van der Waals surface area contributed by atoms with Crippen LogP contribution in [0, 0.1) is 0 Å². The van der Waals surface area contributed by atoms with Gasteiger partial charge in [-0.05, 0) is 23.8 Å². The Balaban J connectivity index is 2.49. The summed E-state index contributed by atoms with van der Waals surface area (Å²) in [5, 5.41) is 10.9. The van der Waals surface area contributed by atoms with Gasteiger partial charge in [0.1, 0.15) is 6.10 Å². The predicted molar refractivity (Wildman–Crippen MR) is 80.1 cm³/mol. The van der Waals surface area contributed by atoms with E-state index < -0.39 is 15.9 Å². The summed E-state index contributed by atoms with van der Waals surface area (Å²) in [5.41, 5.74) is 0.877. The Morgan fingerprint density at radius 3 is 2.40 bits per heavy atom. The van der Waals surface area contributed by atoms with E-state index in [-0.39, 0.29) is 9.92 Å². The Kier molecular flexibility index (Phi) is 4.39. The Morgan fingerprint density at radius 1 is 1.10 bits per heavy atom. The van der Waals surface area contributed by atoms with Crippen LogP contribution < -0.4 is 0 Å². The minimum Gasteiger partial charge on any atom is -0.384 e. The van der Waals surface area contributed by atoms with E-state index in [1.54, 1.807) is 30.3 Å². The number of sulfone groups is 1. The van der Waals surface area contributed by atoms with Crippen LogP contribution in [0.5, 0.6) is 0 Å². The molecule has 1 unspecified atom stereocenters. The zero-order valence-corrected chi connectivity index (χ0v) is 12.9. The third kappa shape index (κ3) is 3.15. The van der Waals surface area contributed by atoms with Crippen molar-refractivity contribution in [3.63, 3.8) is 0 Å². The molecule has 6 heteroatoms. The normalized spacial score (nSPS) is 13.2. The summed E-state index contributed by atoms with van der Waals surface area (Å²) in [6.07, 6.45) is 0.0769. The first-order chi connectivity index (χ1) is 9.30. The number of rotatable bonds is 3. The molecule has 106 valence electrons. The third-order valence-electron chi connectivity index (χ3n) is 2.88. The fraction of sp³-hybridized carbons (Fsp3) is 0.143. The predicted octanol–water partition coefficient (Wildman–Crippen LogP) is 3.48. The molecule has 0 fully saturated rings. The topological polar surface area (TPSA) is 54.4 Å². The summed E-state index contributed by atoms with van der Waals surface area (Å²) in [7, 11) is -3.33. The minimum absolute atomic E-state index is 0.146. The first kappa shape index (κ1) is 15.3. The van der Waals surface area contributed by atoms with E-state index >= 15 is 0 Å². The maximum atomic E-state index is 11.5. The Bertz CT molecular complexity index is 742. The van der Waals surface area contributed by atoms with Crippen molar-refractivity contribution in [2.75, 3.05) is 6.26 Å². The molecule has 0 amide bonds. The van der Waals surface area contributed by atoms with Crippen LogP contribution in [0.2, 0.25) is 10.0 Å². The fourth-order valence-electron chi connectivity index (χ4n) is 1.83. The quantitative estimate of drug-likeness (QED) is 0.937. The van der Waals surface area contributed by atoms with Gasteiger partial charge in [0.05, 0.1) is 14.9 Å². The molecule has 0 aliphatic heterocycles. The zero-order valence-electron chi connectivity index (χ0n) is 10.5. The number of halogens is 2. The van der Waals surface area contributed by atoms with Crippen LogP contribution in [0.1, 0.15) is 17.2 Å². The molecule has 0 heterocycles. The van der Waals surface area contributed by atoms with Crippen molar-refractivity contribution >= 4 is 33.0 Å². The average molecular weight is 331 g/mol. The van der Waals surface area contributed by atoms with Crippen molar-refractivity contribution in [2.24, 2.45) is 0 Å². The largest absolute Gasteiger partial charge is 0.384 e. The van der Waals surface area contributed by atoms with E-state index in [0.29, 0.717) is 16.1 Å². The molecule has 2 aromatic rings. The molecule has 2 aromatic carbocycles. The SMILES string of the molecule is CS(=O)(=O)c1cccc(C(O)c2cccc(Cl)c2Cl)c1. The highest BCUT2D eigenvalue weighted by molar-refractivity contribution is 7.90. The van der Waals surface area contributed by atoms with Crippen LogP contribution in [0.3, 0.4) is 0 Å². The third-order valence-corrected chi connectivity index (χ3v) is 4.82. The van der Waals surface area contributed by atoms with Gasteiger partial charge in [-0.15, -0.1) is 0 Å². The van der Waals surface area contributed by atoms with E-state index in [1.165, 1.54) is 12.1 Å². The molecule has 2 rings (SSSR count). The first-order valence-electron chi connectivity index (χ1n) is 5.72. The van der Waals surface area contributed by atoms with E-state index in [9.17, 15) is 13.5 Å². The highest BCUT2D eigenvalue weighted by atomic mass is 35.5. The number of benzene rings is 2. The smallest absolute Gasteiger partial charge is 0.175 e. The van der Waals surface area contributed by atoms with Crippen LogP contribution in [-0.2, 0) is 9.84 Å². The van der Waals surface area contributed by atoms with Gasteiger partial charge in [-0.2, -0.15) is 0 Å². The van der Waals surface area contributed by atoms with Crippen molar-refractivity contribution in [1.29, 1.82) is 0 Å². The minimum atomic E-state index is -3.33. The maximum Gasteiger partial charge on any atom is 0.175 e. The van der Waals surface area contributed by atoms with E-state index in [0.717, 1.165) is 6.26 Å². The lowest BCUT2D eigenvalue weighted by molar-refractivity contribution is 0.220. The highest BCUT2D eigenvalue weighted by Gasteiger charge is 2.17. The maximum absolute atomic E-state index is 11.5. The molecule has 1 atom stereocenters. The molecule has 0 saturated carbocycles. The summed E-state index contributed by atoms with van der Waals surface area (Å²) >= 11 is 12.0. The van der Waals surface area contributed by atoms with E-state index in [4.69, 9.17) is 23.2 Å². The van der Waals surface area contributed by atoms with Gasteiger partial charge in [-0.25, -0.2) is 8.42 Å². The Labute approximate surface area is 127 Å². The van der Waals surface area contributed by atoms with Crippen LogP contribution in [-0.4, -0.2) is 19.8 Å². The molecule has 3 nitrogen and oxygen atoms in total. The molecule has 1 N–H and O–H groups in total. The Morgan fingerprint density at radius 2 is 1.75 bits per heavy atom. The van der Waals surface area contributed by atoms with Crippen LogP contribution in [0.4, 0.5) is 0 Å². The lowest BCUT2D eigenvalue weighted by Gasteiger charge is -2.14. The molecule has 0 bridgehead atoms. The summed E-state index contributed by atoms with van der Waals surface area (Å²) < 4.78 is 23.1. The number of hydrogen-bond donors (Lipinski definition) is 1. The average Bonchev–Trinajstić information content (AvgIpc) is 2.40. The second kappa shape index (κ2) is 5.74. The standard InChI is InChI=1S/C14H12Cl2O3S/c1-20(18,19)10-5-2-4-9(8-10)14(17)11-6-3-7-12(15)13(11)16/h2-8,14,17H,1H3. The monoisotopic (exact) mass is 330 g/mol. The van der Waals surface area contributed by atoms with Crippen molar-refractivity contribution < 1.29 is 13.5 Å². The van der Waals surface area contributed by atoms with Crippen molar-refractivity contribution in [1.82, 2.24) is 0 Å². The molecular weight excluding hydrogens is 319 g/mol. The molecule has 0 aliphatic carbocycles. The molecule has 0 radical (unpaired) electrons. The molecular formula is C14H12Cl2O3S. The lowest BCUT2D eigenvalue weighted by Crippen LogP contribution is -2.03. The van der Waals surface area contributed by atoms with Gasteiger partial charge in [0.2, 0.25) is 0 Å². The van der Waals surface area contributed by atoms with Gasteiger partial charge in [0.25, 0.3) is 0 Å². The van der Waals surface area contributed by atoms with Gasteiger partial charge >= 0.3 is 0 Å². The van der Waals surface area contributed by atoms with E-state index in [2.05, 4.69) is 0 Å². The van der Waals surface area contributed by atoms with Crippen LogP contribution >= 0.6 is 23.2 Å². The van der Waals surface area contributed by atoms with Gasteiger partial charge in [-0.1, -0.05) is 47.5 Å². The lowest BCUT2D eigenvalue weighted by atomic mass is 10.0. The summed E-state index contributed by atoms with van der Waals surface area (Å²) in [4.78, 5) is 0.146. The summed E-state index contributed by atoms with van der Waals surface area (Å²) in [6.45, 7) is 0. The highest BCUT2D eigenvalue weighted by Crippen LogP contribution is 2.33. The number of hydrogen-bond acceptors (Lipinski definition) is 3.